The molecular formula is C124H222N5S6. The van der Waals surface area contributed by atoms with Crippen LogP contribution in [0.15, 0.2) is 77.9 Å². The van der Waals surface area contributed by atoms with Crippen molar-refractivity contribution < 1.29 is 0 Å². The van der Waals surface area contributed by atoms with Crippen LogP contribution in [0, 0.1) is 6.92 Å². The van der Waals surface area contributed by atoms with E-state index in [1.165, 1.54) is 619 Å². The molecule has 0 saturated carbocycles. The number of thioether (sulfide) groups is 6. The zero-order valence-corrected chi connectivity index (χ0v) is 95.4. The molecule has 135 heavy (non-hydrogen) atoms. The number of aromatic nitrogens is 3. The molecule has 0 bridgehead atoms. The summed E-state index contributed by atoms with van der Waals surface area (Å²) in [5.74, 6) is 8.84. The van der Waals surface area contributed by atoms with Crippen LogP contribution < -0.4 is 10.6 Å². The van der Waals surface area contributed by atoms with Gasteiger partial charge in [0.2, 0.25) is 11.9 Å². The van der Waals surface area contributed by atoms with Crippen LogP contribution >= 0.6 is 70.6 Å². The molecule has 3 aromatic carbocycles. The first-order valence-corrected chi connectivity index (χ1v) is 66.2. The average Bonchev–Trinajstić information content (AvgIpc) is 0.803. The summed E-state index contributed by atoms with van der Waals surface area (Å²) in [6, 6.07) is 18.5. The topological polar surface area (TPSA) is 62.7 Å². The van der Waals surface area contributed by atoms with Crippen molar-refractivity contribution in [2.24, 2.45) is 0 Å². The maximum Gasteiger partial charge on any atom is 0.232 e. The van der Waals surface area contributed by atoms with Gasteiger partial charge in [0.05, 0.1) is 0 Å². The number of hydrogen-bond donors (Lipinski definition) is 2. The number of hydrogen-bond acceptors (Lipinski definition) is 11. The predicted octanol–water partition coefficient (Wildman–Crippen LogP) is 47.0. The lowest BCUT2D eigenvalue weighted by molar-refractivity contribution is 0.535. The van der Waals surface area contributed by atoms with Gasteiger partial charge in [-0.25, -0.2) is 0 Å². The Morgan fingerprint density at radius 3 is 0.496 bits per heavy atom. The lowest BCUT2D eigenvalue weighted by atomic mass is 10.0. The number of anilines is 4. The molecule has 0 saturated heterocycles. The predicted molar refractivity (Wildman–Crippen MR) is 623 cm³/mol. The molecular weight excluding hydrogens is 1750 g/mol. The molecule has 0 fully saturated rings. The molecule has 779 valence electrons. The fourth-order valence-corrected chi connectivity index (χ4v) is 27.0. The Hall–Kier alpha value is -1.63. The molecule has 4 aromatic rings. The molecule has 0 aliphatic carbocycles. The standard InChI is InChI=1S/C124H222N5S6/c1-8-14-20-26-32-38-44-50-56-62-68-74-80-86-92-102-130-116-108-114(109-117(131-103-93-87-81-75-69-63-57-51-45-39-33-27-21-15-9-2)120(116)134-106-96-90-84-78-72-66-60-54-48-42-36-30-24-18-12-5)125-123-127-122(113-100-98-112(7)99-101-113)128-124(129-123)126-115-110-118(132-104-94-88-82-76-70-64-58-52-46-40-34-28-22-16-10-3)121(135-107-97-91-85-79-73-67-61-55-49-43-37-31-25-19-13-6)119(111-115)133-105-95-89-83-77-71-65-59-53-47-41-35-29-23-17-11-4/h98-101,108-111H,7-97,102-107H2,1-6H3,(H2,125,126,127,128,129). The third-order valence-corrected chi connectivity index (χ3v) is 35.9. The second kappa shape index (κ2) is 98.4. The van der Waals surface area contributed by atoms with E-state index >= 15 is 0 Å². The van der Waals surface area contributed by atoms with Crippen molar-refractivity contribution in [3.8, 4) is 11.4 Å². The summed E-state index contributed by atoms with van der Waals surface area (Å²) in [5.41, 5.74) is 4.15. The van der Waals surface area contributed by atoms with Gasteiger partial charge in [-0.15, -0.1) is 70.6 Å². The molecule has 0 atom stereocenters. The van der Waals surface area contributed by atoms with Crippen molar-refractivity contribution in [1.29, 1.82) is 0 Å². The van der Waals surface area contributed by atoms with E-state index in [-0.39, 0.29) is 0 Å². The molecule has 1 aromatic heterocycles. The van der Waals surface area contributed by atoms with Gasteiger partial charge in [0.1, 0.15) is 0 Å². The first-order chi connectivity index (χ1) is 66.9. The molecule has 5 nitrogen and oxygen atoms in total. The minimum absolute atomic E-state index is 0.595. The molecule has 0 aliphatic rings. The molecule has 2 N–H and O–H groups in total. The van der Waals surface area contributed by atoms with Crippen molar-refractivity contribution in [1.82, 2.24) is 15.0 Å². The van der Waals surface area contributed by atoms with Gasteiger partial charge in [0.15, 0.2) is 5.82 Å². The highest BCUT2D eigenvalue weighted by Gasteiger charge is 2.20. The van der Waals surface area contributed by atoms with Gasteiger partial charge >= 0.3 is 0 Å². The zero-order chi connectivity index (χ0) is 95.8. The largest absolute Gasteiger partial charge is 0.324 e. The van der Waals surface area contributed by atoms with Gasteiger partial charge < -0.3 is 10.6 Å². The Morgan fingerprint density at radius 1 is 0.185 bits per heavy atom. The summed E-state index contributed by atoms with van der Waals surface area (Å²) < 4.78 is 0. The summed E-state index contributed by atoms with van der Waals surface area (Å²) in [6.07, 6.45) is 126. The van der Waals surface area contributed by atoms with Crippen LogP contribution in [0.2, 0.25) is 0 Å². The van der Waals surface area contributed by atoms with Crippen molar-refractivity contribution in [2.75, 3.05) is 45.2 Å². The van der Waals surface area contributed by atoms with Gasteiger partial charge in [-0.3, -0.25) is 0 Å². The third-order valence-electron chi connectivity index (χ3n) is 28.4. The quantitative estimate of drug-likeness (QED) is 0.0328. The maximum absolute atomic E-state index is 5.48. The number of rotatable bonds is 107. The average molecular weight is 1980 g/mol. The molecule has 0 amide bonds. The number of nitrogens with one attached hydrogen (secondary N) is 2. The fourth-order valence-electron chi connectivity index (χ4n) is 19.5. The summed E-state index contributed by atoms with van der Waals surface area (Å²) in [6.45, 7) is 18.3. The van der Waals surface area contributed by atoms with Crippen LogP contribution in [0.25, 0.3) is 11.4 Å². The number of benzene rings is 3. The van der Waals surface area contributed by atoms with E-state index < -0.39 is 0 Å². The Balaban J connectivity index is 1.69. The summed E-state index contributed by atoms with van der Waals surface area (Å²) in [7, 11) is 0. The Bertz CT molecular complexity index is 2850. The molecule has 0 unspecified atom stereocenters. The van der Waals surface area contributed by atoms with Crippen LogP contribution in [0.5, 0.6) is 0 Å². The van der Waals surface area contributed by atoms with E-state index in [4.69, 9.17) is 15.0 Å². The number of nitrogens with zero attached hydrogens (tertiary/aromatic N) is 3. The Labute approximate surface area is 868 Å². The van der Waals surface area contributed by atoms with Gasteiger partial charge in [-0.1, -0.05) is 605 Å². The number of unbranched alkanes of at least 4 members (excludes halogenated alkanes) is 84. The first kappa shape index (κ1) is 126. The van der Waals surface area contributed by atoms with Gasteiger partial charge in [0, 0.05) is 46.3 Å². The van der Waals surface area contributed by atoms with Gasteiger partial charge in [-0.05, 0) is 110 Å². The molecule has 1 heterocycles. The zero-order valence-electron chi connectivity index (χ0n) is 90.5. The van der Waals surface area contributed by atoms with Crippen molar-refractivity contribution >= 4 is 93.8 Å². The van der Waals surface area contributed by atoms with E-state index in [2.05, 4.69) is 178 Å². The van der Waals surface area contributed by atoms with Crippen LogP contribution in [0.4, 0.5) is 23.3 Å². The maximum atomic E-state index is 5.48. The SMILES string of the molecule is [CH2]c1ccc(-c2nc(Nc3cc(SCCCCCCCCCCCCCCCCC)c(SCCCCCCCCCCCCCCCCC)c(SCCCCCCCCCCCCCCCCC)c3)nc(Nc3cc(SCCCCCCCCCCCCCCCCC)c(SCCCCCCCCCCCCCCCCC)c(SCCCCCCCCCCCCCCCCC)c3)n2)cc1. The minimum atomic E-state index is 0.595. The monoisotopic (exact) mass is 1970 g/mol. The van der Waals surface area contributed by atoms with Crippen molar-refractivity contribution in [3.05, 3.63) is 61.0 Å². The van der Waals surface area contributed by atoms with Crippen molar-refractivity contribution in [3.63, 3.8) is 0 Å². The van der Waals surface area contributed by atoms with E-state index in [1.54, 1.807) is 0 Å². The van der Waals surface area contributed by atoms with Crippen LogP contribution in [-0.2, 0) is 0 Å². The molecule has 11 heteroatoms. The lowest BCUT2D eigenvalue weighted by Crippen LogP contribution is -2.06. The van der Waals surface area contributed by atoms with E-state index in [1.807, 2.05) is 0 Å². The van der Waals surface area contributed by atoms with Crippen LogP contribution in [-0.4, -0.2) is 49.5 Å². The molecule has 0 aliphatic heterocycles. The summed E-state index contributed by atoms with van der Waals surface area (Å²) >= 11 is 12.9. The second-order valence-corrected chi connectivity index (χ2v) is 48.4. The third kappa shape index (κ3) is 75.7. The highest BCUT2D eigenvalue weighted by Crippen LogP contribution is 2.46. The van der Waals surface area contributed by atoms with Crippen LogP contribution in [0.3, 0.4) is 0 Å². The minimum Gasteiger partial charge on any atom is -0.324 e. The first-order valence-electron chi connectivity index (χ1n) is 60.3. The molecule has 0 spiro atoms. The Kier molecular flexibility index (Phi) is 91.6. The van der Waals surface area contributed by atoms with Crippen molar-refractivity contribution in [2.45, 2.75) is 649 Å². The van der Waals surface area contributed by atoms with E-state index in [9.17, 15) is 0 Å². The van der Waals surface area contributed by atoms with E-state index in [0.29, 0.717) is 17.7 Å². The normalized spacial score (nSPS) is 11.7. The lowest BCUT2D eigenvalue weighted by Gasteiger charge is -2.19. The molecule has 1 radical (unpaired) electrons. The summed E-state index contributed by atoms with van der Waals surface area (Å²) in [5, 5.41) is 7.95. The Morgan fingerprint density at radius 2 is 0.333 bits per heavy atom. The van der Waals surface area contributed by atoms with Gasteiger partial charge in [-0.2, -0.15) is 15.0 Å². The second-order valence-electron chi connectivity index (χ2n) is 41.6. The van der Waals surface area contributed by atoms with Crippen LogP contribution in [0.1, 0.15) is 625 Å². The summed E-state index contributed by atoms with van der Waals surface area (Å²) in [4.78, 5) is 25.1. The highest BCUT2D eigenvalue weighted by atomic mass is 32.2. The smallest absolute Gasteiger partial charge is 0.232 e. The van der Waals surface area contributed by atoms with Gasteiger partial charge in [0.25, 0.3) is 0 Å². The van der Waals surface area contributed by atoms with E-state index in [0.717, 1.165) is 45.5 Å². The fraction of sp³-hybridized carbons (Fsp3) is 0.823. The molecule has 4 rings (SSSR count). The highest BCUT2D eigenvalue weighted by molar-refractivity contribution is 8.04.